The number of rotatable bonds is 4. The van der Waals surface area contributed by atoms with Crippen molar-refractivity contribution in [1.82, 2.24) is 4.98 Å². The highest BCUT2D eigenvalue weighted by Gasteiger charge is 2.09. The van der Waals surface area contributed by atoms with Gasteiger partial charge in [0.25, 0.3) is 0 Å². The van der Waals surface area contributed by atoms with Gasteiger partial charge in [-0.05, 0) is 22.3 Å². The maximum atomic E-state index is 12.2. The molecule has 3 rings (SSSR count). The van der Waals surface area contributed by atoms with Gasteiger partial charge in [0.2, 0.25) is 5.91 Å². The van der Waals surface area contributed by atoms with Crippen LogP contribution >= 0.6 is 11.3 Å². The molecule has 112 valence electrons. The predicted molar refractivity (Wildman–Crippen MR) is 92.5 cm³/mol. The second-order valence-electron chi connectivity index (χ2n) is 5.63. The van der Waals surface area contributed by atoms with E-state index < -0.39 is 0 Å². The number of benzene rings is 2. The maximum Gasteiger partial charge on any atom is 0.230 e. The molecule has 0 saturated carbocycles. The van der Waals surface area contributed by atoms with Gasteiger partial charge in [0, 0.05) is 11.1 Å². The molecule has 22 heavy (non-hydrogen) atoms. The van der Waals surface area contributed by atoms with Gasteiger partial charge in [0.1, 0.15) is 0 Å². The Kier molecular flexibility index (Phi) is 4.20. The van der Waals surface area contributed by atoms with Crippen molar-refractivity contribution in [2.24, 2.45) is 0 Å². The van der Waals surface area contributed by atoms with Crippen LogP contribution in [0, 0.1) is 0 Å². The van der Waals surface area contributed by atoms with Gasteiger partial charge < -0.3 is 5.32 Å². The van der Waals surface area contributed by atoms with Gasteiger partial charge in [-0.3, -0.25) is 4.79 Å². The molecule has 0 spiro atoms. The highest BCUT2D eigenvalue weighted by molar-refractivity contribution is 7.15. The molecule has 3 nitrogen and oxygen atoms in total. The summed E-state index contributed by atoms with van der Waals surface area (Å²) in [6, 6.07) is 14.3. The molecule has 1 amide bonds. The zero-order valence-electron chi connectivity index (χ0n) is 12.7. The number of anilines is 1. The summed E-state index contributed by atoms with van der Waals surface area (Å²) in [4.78, 5) is 17.6. The Morgan fingerprint density at radius 1 is 1.18 bits per heavy atom. The molecule has 0 atom stereocenters. The van der Waals surface area contributed by atoms with E-state index in [2.05, 4.69) is 48.4 Å². The molecule has 1 N–H and O–H groups in total. The summed E-state index contributed by atoms with van der Waals surface area (Å²) in [6.45, 7) is 4.24. The van der Waals surface area contributed by atoms with E-state index in [1.54, 1.807) is 0 Å². The Hall–Kier alpha value is -2.20. The minimum Gasteiger partial charge on any atom is -0.302 e. The van der Waals surface area contributed by atoms with Crippen molar-refractivity contribution >= 4 is 33.1 Å². The third-order valence-electron chi connectivity index (χ3n) is 3.52. The van der Waals surface area contributed by atoms with E-state index >= 15 is 0 Å². The van der Waals surface area contributed by atoms with Crippen LogP contribution in [0.15, 0.2) is 48.7 Å². The van der Waals surface area contributed by atoms with Gasteiger partial charge in [0.05, 0.1) is 6.42 Å². The molecule has 0 fully saturated rings. The lowest BCUT2D eigenvalue weighted by Crippen LogP contribution is -2.14. The van der Waals surface area contributed by atoms with Crippen molar-refractivity contribution in [3.63, 3.8) is 0 Å². The first kappa shape index (κ1) is 14.7. The number of nitrogens with zero attached hydrogens (tertiary/aromatic N) is 1. The van der Waals surface area contributed by atoms with Crippen LogP contribution in [0.3, 0.4) is 0 Å². The summed E-state index contributed by atoms with van der Waals surface area (Å²) in [5, 5.41) is 5.90. The van der Waals surface area contributed by atoms with Crippen LogP contribution in [0.5, 0.6) is 0 Å². The van der Waals surface area contributed by atoms with Crippen molar-refractivity contribution in [3.05, 3.63) is 59.1 Å². The zero-order chi connectivity index (χ0) is 15.5. The highest BCUT2D eigenvalue weighted by Crippen LogP contribution is 2.25. The van der Waals surface area contributed by atoms with Gasteiger partial charge in [-0.1, -0.05) is 56.3 Å². The van der Waals surface area contributed by atoms with Crippen LogP contribution < -0.4 is 5.32 Å². The van der Waals surface area contributed by atoms with Crippen molar-refractivity contribution < 1.29 is 4.79 Å². The topological polar surface area (TPSA) is 42.0 Å². The van der Waals surface area contributed by atoms with Crippen molar-refractivity contribution in [2.75, 3.05) is 5.32 Å². The molecule has 0 aliphatic heterocycles. The largest absolute Gasteiger partial charge is 0.302 e. The monoisotopic (exact) mass is 310 g/mol. The van der Waals surface area contributed by atoms with Gasteiger partial charge in [-0.2, -0.15) is 0 Å². The number of amides is 1. The van der Waals surface area contributed by atoms with Crippen LogP contribution in [0.4, 0.5) is 5.13 Å². The second kappa shape index (κ2) is 6.28. The number of carbonyl (C=O) groups is 1. The van der Waals surface area contributed by atoms with Crippen molar-refractivity contribution in [1.29, 1.82) is 0 Å². The van der Waals surface area contributed by atoms with E-state index in [0.29, 0.717) is 17.5 Å². The summed E-state index contributed by atoms with van der Waals surface area (Å²) >= 11 is 1.54. The third kappa shape index (κ3) is 3.34. The number of aromatic nitrogens is 1. The molecule has 0 aliphatic carbocycles. The number of nitrogens with one attached hydrogen (secondary N) is 1. The SMILES string of the molecule is CC(C)c1cnc(NC(=O)Cc2ccc3ccccc3c2)s1. The van der Waals surface area contributed by atoms with E-state index in [0.717, 1.165) is 10.9 Å². The predicted octanol–water partition coefficient (Wildman–Crippen LogP) is 4.60. The quantitative estimate of drug-likeness (QED) is 0.765. The summed E-state index contributed by atoms with van der Waals surface area (Å²) < 4.78 is 0. The Bertz CT molecular complexity index is 807. The zero-order valence-corrected chi connectivity index (χ0v) is 13.5. The average Bonchev–Trinajstić information content (AvgIpc) is 2.95. The summed E-state index contributed by atoms with van der Waals surface area (Å²) in [5.41, 5.74) is 1.01. The van der Waals surface area contributed by atoms with Crippen molar-refractivity contribution in [3.8, 4) is 0 Å². The Morgan fingerprint density at radius 3 is 2.68 bits per heavy atom. The molecule has 1 aromatic heterocycles. The molecule has 1 heterocycles. The lowest BCUT2D eigenvalue weighted by molar-refractivity contribution is -0.115. The Labute approximate surface area is 134 Å². The van der Waals surface area contributed by atoms with Gasteiger partial charge in [-0.15, -0.1) is 11.3 Å². The first-order valence-electron chi connectivity index (χ1n) is 7.35. The van der Waals surface area contributed by atoms with Gasteiger partial charge >= 0.3 is 0 Å². The number of thiazole rings is 1. The Balaban J connectivity index is 1.69. The van der Waals surface area contributed by atoms with E-state index in [1.165, 1.54) is 21.6 Å². The van der Waals surface area contributed by atoms with E-state index in [4.69, 9.17) is 0 Å². The standard InChI is InChI=1S/C18H18N2OS/c1-12(2)16-11-19-18(22-16)20-17(21)10-13-7-8-14-5-3-4-6-15(14)9-13/h3-9,11-12H,10H2,1-2H3,(H,19,20,21). The molecular formula is C18H18N2OS. The summed E-state index contributed by atoms with van der Waals surface area (Å²) in [5.74, 6) is 0.406. The maximum absolute atomic E-state index is 12.2. The fraction of sp³-hybridized carbons (Fsp3) is 0.222. The average molecular weight is 310 g/mol. The van der Waals surface area contributed by atoms with Crippen LogP contribution in [-0.4, -0.2) is 10.9 Å². The lowest BCUT2D eigenvalue weighted by atomic mass is 10.1. The van der Waals surface area contributed by atoms with Crippen molar-refractivity contribution in [2.45, 2.75) is 26.2 Å². The minimum absolute atomic E-state index is 0.0278. The first-order chi connectivity index (χ1) is 10.6. The van der Waals surface area contributed by atoms with Gasteiger partial charge in [-0.25, -0.2) is 4.98 Å². The number of hydrogen-bond acceptors (Lipinski definition) is 3. The molecule has 3 aromatic rings. The number of carbonyl (C=O) groups excluding carboxylic acids is 1. The minimum atomic E-state index is -0.0278. The molecule has 0 unspecified atom stereocenters. The van der Waals surface area contributed by atoms with Crippen LogP contribution in [0.1, 0.15) is 30.2 Å². The summed E-state index contributed by atoms with van der Waals surface area (Å²) in [6.07, 6.45) is 2.20. The summed E-state index contributed by atoms with van der Waals surface area (Å²) in [7, 11) is 0. The Morgan fingerprint density at radius 2 is 1.95 bits per heavy atom. The molecule has 0 bridgehead atoms. The molecule has 0 aliphatic rings. The van der Waals surface area contributed by atoms with E-state index in [-0.39, 0.29) is 5.91 Å². The van der Waals surface area contributed by atoms with E-state index in [1.807, 2.05) is 24.4 Å². The second-order valence-corrected chi connectivity index (χ2v) is 6.69. The lowest BCUT2D eigenvalue weighted by Gasteiger charge is -2.04. The van der Waals surface area contributed by atoms with Crippen LogP contribution in [0.25, 0.3) is 10.8 Å². The highest BCUT2D eigenvalue weighted by atomic mass is 32.1. The molecule has 2 aromatic carbocycles. The number of fused-ring (bicyclic) bond motifs is 1. The number of hydrogen-bond donors (Lipinski definition) is 1. The normalized spacial score (nSPS) is 11.0. The molecular weight excluding hydrogens is 292 g/mol. The van der Waals surface area contributed by atoms with Crippen LogP contribution in [0.2, 0.25) is 0 Å². The fourth-order valence-electron chi connectivity index (χ4n) is 2.31. The van der Waals surface area contributed by atoms with Crippen LogP contribution in [-0.2, 0) is 11.2 Å². The molecule has 0 saturated heterocycles. The smallest absolute Gasteiger partial charge is 0.230 e. The van der Waals surface area contributed by atoms with E-state index in [9.17, 15) is 4.79 Å². The molecule has 4 heteroatoms. The first-order valence-corrected chi connectivity index (χ1v) is 8.17. The molecule has 0 radical (unpaired) electrons. The van der Waals surface area contributed by atoms with Gasteiger partial charge in [0.15, 0.2) is 5.13 Å². The third-order valence-corrected chi connectivity index (χ3v) is 4.73. The fourth-order valence-corrected chi connectivity index (χ4v) is 3.14.